The van der Waals surface area contributed by atoms with Crippen molar-refractivity contribution in [1.82, 2.24) is 25.2 Å². The van der Waals surface area contributed by atoms with Crippen molar-refractivity contribution in [2.24, 2.45) is 11.8 Å². The first kappa shape index (κ1) is 42.9. The van der Waals surface area contributed by atoms with Gasteiger partial charge in [0.15, 0.2) is 0 Å². The lowest BCUT2D eigenvalue weighted by Gasteiger charge is -2.34. The van der Waals surface area contributed by atoms with Gasteiger partial charge in [-0.2, -0.15) is 13.2 Å². The van der Waals surface area contributed by atoms with Crippen LogP contribution in [-0.2, 0) is 33.9 Å². The standard InChI is InChI=1S/C39H50F3N5O10S/c1-36(2,39(40,41)42)57-35(51)44-30-23(22-54-4)12-8-6-7-9-13-24-19-38(24,34(50)46-58(52,53)37(3)16-17-37)45-31(48)28-18-25(21-47(28)33(30)49)56-32-27-15-11-10-14-26(27)29(55-5)20-43-32/h9-11,13-15,20,23-25,28,30H,6-8,12,16-19,21-22H2,1-5H3,(H,44,51)(H,45,48)(H,46,50)/b13-9-/t23-,24-,25+,28-,30-,38-/m0/s1. The van der Waals surface area contributed by atoms with E-state index in [-0.39, 0.29) is 31.9 Å². The Labute approximate surface area is 334 Å². The molecule has 1 saturated heterocycles. The third kappa shape index (κ3) is 8.70. The fraction of sp³-hybridized carbons (Fsp3) is 0.615. The van der Waals surface area contributed by atoms with E-state index in [2.05, 4.69) is 20.3 Å². The summed E-state index contributed by atoms with van der Waals surface area (Å²) in [4.78, 5) is 62.0. The van der Waals surface area contributed by atoms with E-state index in [1.807, 2.05) is 6.08 Å². The number of allylic oxidation sites excluding steroid dienone is 1. The van der Waals surface area contributed by atoms with Gasteiger partial charge in [-0.05, 0) is 65.4 Å². The maximum Gasteiger partial charge on any atom is 0.427 e. The summed E-state index contributed by atoms with van der Waals surface area (Å²) in [6.07, 6.45) is 0.334. The van der Waals surface area contributed by atoms with E-state index in [1.165, 1.54) is 27.3 Å². The van der Waals surface area contributed by atoms with Gasteiger partial charge in [0.2, 0.25) is 33.3 Å². The number of carbonyl (C=O) groups is 4. The molecule has 1 aromatic carbocycles. The van der Waals surface area contributed by atoms with Crippen LogP contribution in [0.2, 0.25) is 0 Å². The van der Waals surface area contributed by atoms with Crippen LogP contribution in [0.1, 0.15) is 72.1 Å². The third-order valence-corrected chi connectivity index (χ3v) is 13.8. The van der Waals surface area contributed by atoms with Crippen molar-refractivity contribution in [3.8, 4) is 11.6 Å². The molecule has 4 aliphatic rings. The number of hydrogen-bond donors (Lipinski definition) is 3. The molecule has 6 rings (SSSR count). The molecule has 2 saturated carbocycles. The smallest absolute Gasteiger partial charge is 0.427 e. The highest BCUT2D eigenvalue weighted by molar-refractivity contribution is 7.91. The average Bonchev–Trinajstić information content (AvgIpc) is 4.04. The molecule has 3 fully saturated rings. The van der Waals surface area contributed by atoms with Crippen LogP contribution in [-0.4, -0.2) is 110 Å². The fourth-order valence-electron chi connectivity index (χ4n) is 7.49. The summed E-state index contributed by atoms with van der Waals surface area (Å²) in [5.41, 5.74) is -4.57. The largest absolute Gasteiger partial charge is 0.494 e. The number of halogens is 3. The van der Waals surface area contributed by atoms with Crippen LogP contribution in [0.25, 0.3) is 10.8 Å². The number of aromatic nitrogens is 1. The number of alkyl halides is 3. The predicted molar refractivity (Wildman–Crippen MR) is 203 cm³/mol. The number of rotatable bonds is 10. The second-order valence-electron chi connectivity index (χ2n) is 16.3. The number of ether oxygens (including phenoxy) is 4. The van der Waals surface area contributed by atoms with E-state index in [9.17, 15) is 40.8 Å². The third-order valence-electron chi connectivity index (χ3n) is 11.7. The van der Waals surface area contributed by atoms with Gasteiger partial charge in [-0.3, -0.25) is 19.1 Å². The van der Waals surface area contributed by atoms with E-state index in [0.717, 1.165) is 4.90 Å². The van der Waals surface area contributed by atoms with Crippen molar-refractivity contribution in [1.29, 1.82) is 0 Å². The Morgan fingerprint density at radius 3 is 2.45 bits per heavy atom. The van der Waals surface area contributed by atoms with Crippen LogP contribution in [0.3, 0.4) is 0 Å². The van der Waals surface area contributed by atoms with Gasteiger partial charge in [0, 0.05) is 36.1 Å². The van der Waals surface area contributed by atoms with E-state index in [0.29, 0.717) is 68.9 Å². The number of nitrogens with one attached hydrogen (secondary N) is 3. The molecule has 0 unspecified atom stereocenters. The molecule has 0 radical (unpaired) electrons. The molecule has 6 atom stereocenters. The Hall–Kier alpha value is -4.65. The molecule has 19 heteroatoms. The van der Waals surface area contributed by atoms with E-state index in [4.69, 9.17) is 18.9 Å². The number of amides is 4. The van der Waals surface area contributed by atoms with Crippen LogP contribution in [0.4, 0.5) is 18.0 Å². The summed E-state index contributed by atoms with van der Waals surface area (Å²) in [5, 5.41) is 6.40. The number of methoxy groups -OCH3 is 2. The van der Waals surface area contributed by atoms with Crippen molar-refractivity contribution in [3.63, 3.8) is 0 Å². The molecular weight excluding hydrogens is 788 g/mol. The minimum atomic E-state index is -4.93. The topological polar surface area (TPSA) is 192 Å². The van der Waals surface area contributed by atoms with Crippen molar-refractivity contribution in [2.75, 3.05) is 27.4 Å². The summed E-state index contributed by atoms with van der Waals surface area (Å²) < 4.78 is 90.8. The Morgan fingerprint density at radius 2 is 1.79 bits per heavy atom. The number of pyridine rings is 1. The van der Waals surface area contributed by atoms with Crippen molar-refractivity contribution in [3.05, 3.63) is 42.6 Å². The van der Waals surface area contributed by atoms with Gasteiger partial charge >= 0.3 is 12.3 Å². The Kier molecular flexibility index (Phi) is 12.0. The molecule has 2 aromatic rings. The van der Waals surface area contributed by atoms with Crippen LogP contribution in [0.15, 0.2) is 42.6 Å². The first-order chi connectivity index (χ1) is 27.3. The van der Waals surface area contributed by atoms with Gasteiger partial charge in [0.1, 0.15) is 29.5 Å². The number of hydrogen-bond acceptors (Lipinski definition) is 11. The lowest BCUT2D eigenvalue weighted by atomic mass is 9.92. The summed E-state index contributed by atoms with van der Waals surface area (Å²) in [7, 11) is -1.21. The van der Waals surface area contributed by atoms with Gasteiger partial charge in [-0.15, -0.1) is 0 Å². The van der Waals surface area contributed by atoms with Crippen LogP contribution in [0, 0.1) is 11.8 Å². The maximum absolute atomic E-state index is 14.8. The number of benzene rings is 1. The highest BCUT2D eigenvalue weighted by atomic mass is 32.2. The molecule has 3 N–H and O–H groups in total. The number of fused-ring (bicyclic) bond motifs is 3. The minimum Gasteiger partial charge on any atom is -0.494 e. The highest BCUT2D eigenvalue weighted by Crippen LogP contribution is 2.48. The van der Waals surface area contributed by atoms with Gasteiger partial charge < -0.3 is 34.5 Å². The predicted octanol–water partition coefficient (Wildman–Crippen LogP) is 4.29. The van der Waals surface area contributed by atoms with Crippen molar-refractivity contribution < 1.29 is 59.7 Å². The highest BCUT2D eigenvalue weighted by Gasteiger charge is 2.63. The normalized spacial score (nSPS) is 28.1. The molecule has 58 heavy (non-hydrogen) atoms. The van der Waals surface area contributed by atoms with E-state index in [1.54, 1.807) is 30.3 Å². The van der Waals surface area contributed by atoms with Crippen molar-refractivity contribution in [2.45, 2.75) is 112 Å². The molecule has 15 nitrogen and oxygen atoms in total. The quantitative estimate of drug-likeness (QED) is 0.290. The molecule has 318 valence electrons. The average molecular weight is 838 g/mol. The Balaban J connectivity index is 1.37. The molecule has 2 aliphatic carbocycles. The van der Waals surface area contributed by atoms with Gasteiger partial charge in [0.05, 0.1) is 31.2 Å². The fourth-order valence-corrected chi connectivity index (χ4v) is 8.80. The van der Waals surface area contributed by atoms with Gasteiger partial charge in [0.25, 0.3) is 5.91 Å². The number of sulfonamides is 1. The Bertz CT molecular complexity index is 2060. The van der Waals surface area contributed by atoms with Crippen LogP contribution in [0.5, 0.6) is 11.6 Å². The van der Waals surface area contributed by atoms with E-state index < -0.39 is 85.9 Å². The molecule has 1 aromatic heterocycles. The monoisotopic (exact) mass is 837 g/mol. The molecule has 4 amide bonds. The first-order valence-electron chi connectivity index (χ1n) is 19.3. The van der Waals surface area contributed by atoms with Crippen LogP contribution < -0.4 is 24.8 Å². The zero-order valence-corrected chi connectivity index (χ0v) is 33.8. The van der Waals surface area contributed by atoms with Crippen LogP contribution >= 0.6 is 0 Å². The zero-order valence-electron chi connectivity index (χ0n) is 33.0. The summed E-state index contributed by atoms with van der Waals surface area (Å²) in [5.74, 6) is -3.22. The number of carbonyl (C=O) groups excluding carboxylic acids is 4. The maximum atomic E-state index is 14.8. The molecule has 2 aliphatic heterocycles. The molecular formula is C39H50F3N5O10S. The molecule has 3 heterocycles. The minimum absolute atomic E-state index is 0.0830. The second-order valence-corrected chi connectivity index (χ2v) is 18.5. The lowest BCUT2D eigenvalue weighted by molar-refractivity contribution is -0.244. The summed E-state index contributed by atoms with van der Waals surface area (Å²) in [6, 6.07) is 4.26. The zero-order chi connectivity index (χ0) is 42.3. The number of alkyl carbamates (subject to hydrolysis) is 1. The molecule has 0 spiro atoms. The second kappa shape index (κ2) is 16.2. The van der Waals surface area contributed by atoms with E-state index >= 15 is 0 Å². The first-order valence-corrected chi connectivity index (χ1v) is 20.7. The molecule has 0 bridgehead atoms. The van der Waals surface area contributed by atoms with Gasteiger partial charge in [-0.1, -0.05) is 36.8 Å². The van der Waals surface area contributed by atoms with Crippen molar-refractivity contribution >= 4 is 44.6 Å². The number of nitrogens with zero attached hydrogens (tertiary/aromatic N) is 2. The summed E-state index contributed by atoms with van der Waals surface area (Å²) in [6.45, 7) is 2.56. The Morgan fingerprint density at radius 1 is 1.09 bits per heavy atom. The summed E-state index contributed by atoms with van der Waals surface area (Å²) >= 11 is 0. The SMILES string of the molecule is COC[C@@H]1CCCC/C=C\[C@H]2C[C@]2(C(=O)NS(=O)(=O)C2(C)CC2)NC(=O)[C@@H]2C[C@@H](Oc3ncc(OC)c4ccccc34)CN2C(=O)[C@H]1NC(=O)OC(C)(C)C(F)(F)F. The lowest BCUT2D eigenvalue weighted by Crippen LogP contribution is -2.60. The van der Waals surface area contributed by atoms with Gasteiger partial charge in [-0.25, -0.2) is 18.2 Å².